The van der Waals surface area contributed by atoms with Crippen LogP contribution in [-0.4, -0.2) is 5.97 Å². The molecule has 0 aliphatic rings. The van der Waals surface area contributed by atoms with Crippen molar-refractivity contribution < 1.29 is 18.3 Å². The standard InChI is InChI=1S/C23H14ClFO4/c1-13-18-12-16(28-22(26)17-4-2-3-5-19(17)25)10-11-20(18)29-23(27)21(13)14-6-8-15(24)9-7-14/h2-12H,1H3. The van der Waals surface area contributed by atoms with Gasteiger partial charge in [-0.05, 0) is 60.5 Å². The lowest BCUT2D eigenvalue weighted by atomic mass is 9.99. The fourth-order valence-electron chi connectivity index (χ4n) is 3.13. The van der Waals surface area contributed by atoms with Crippen molar-refractivity contribution in [3.8, 4) is 16.9 Å². The van der Waals surface area contributed by atoms with Gasteiger partial charge in [0, 0.05) is 10.4 Å². The Morgan fingerprint density at radius 2 is 1.76 bits per heavy atom. The average molecular weight is 409 g/mol. The molecule has 4 aromatic rings. The van der Waals surface area contributed by atoms with Crippen molar-refractivity contribution in [1.82, 2.24) is 0 Å². The minimum Gasteiger partial charge on any atom is -0.423 e. The van der Waals surface area contributed by atoms with Gasteiger partial charge in [0.2, 0.25) is 0 Å². The zero-order valence-electron chi connectivity index (χ0n) is 15.2. The summed E-state index contributed by atoms with van der Waals surface area (Å²) >= 11 is 5.93. The Balaban J connectivity index is 1.77. The van der Waals surface area contributed by atoms with E-state index in [9.17, 15) is 14.0 Å². The molecule has 1 heterocycles. The van der Waals surface area contributed by atoms with E-state index in [1.807, 2.05) is 0 Å². The van der Waals surface area contributed by atoms with Crippen LogP contribution in [-0.2, 0) is 0 Å². The van der Waals surface area contributed by atoms with Crippen LogP contribution in [0.4, 0.5) is 4.39 Å². The topological polar surface area (TPSA) is 56.5 Å². The second-order valence-electron chi connectivity index (χ2n) is 6.42. The maximum absolute atomic E-state index is 13.8. The Morgan fingerprint density at radius 3 is 2.48 bits per heavy atom. The highest BCUT2D eigenvalue weighted by molar-refractivity contribution is 6.30. The summed E-state index contributed by atoms with van der Waals surface area (Å²) in [5.74, 6) is -1.26. The third-order valence-corrected chi connectivity index (χ3v) is 4.83. The molecule has 0 saturated carbocycles. The van der Waals surface area contributed by atoms with Crippen LogP contribution in [0.2, 0.25) is 5.02 Å². The fraction of sp³-hybridized carbons (Fsp3) is 0.0435. The van der Waals surface area contributed by atoms with Crippen LogP contribution in [0.15, 0.2) is 75.9 Å². The molecule has 0 bridgehead atoms. The minimum absolute atomic E-state index is 0.161. The number of rotatable bonds is 3. The number of hydrogen-bond donors (Lipinski definition) is 0. The highest BCUT2D eigenvalue weighted by Gasteiger charge is 2.17. The number of carbonyl (C=O) groups excluding carboxylic acids is 1. The van der Waals surface area contributed by atoms with E-state index in [-0.39, 0.29) is 11.3 Å². The van der Waals surface area contributed by atoms with Gasteiger partial charge >= 0.3 is 11.6 Å². The van der Waals surface area contributed by atoms with Gasteiger partial charge in [-0.25, -0.2) is 14.0 Å². The zero-order valence-corrected chi connectivity index (χ0v) is 16.0. The molecule has 1 aromatic heterocycles. The van der Waals surface area contributed by atoms with Crippen molar-refractivity contribution in [2.24, 2.45) is 0 Å². The van der Waals surface area contributed by atoms with Crippen LogP contribution in [0.3, 0.4) is 0 Å². The van der Waals surface area contributed by atoms with E-state index in [1.165, 1.54) is 24.3 Å². The number of aryl methyl sites for hydroxylation is 1. The Kier molecular flexibility index (Phi) is 4.91. The lowest BCUT2D eigenvalue weighted by Crippen LogP contribution is -2.11. The molecule has 0 amide bonds. The number of ether oxygens (including phenoxy) is 1. The fourth-order valence-corrected chi connectivity index (χ4v) is 3.26. The monoisotopic (exact) mass is 408 g/mol. The second-order valence-corrected chi connectivity index (χ2v) is 6.86. The molecule has 0 fully saturated rings. The van der Waals surface area contributed by atoms with Crippen molar-refractivity contribution in [2.75, 3.05) is 0 Å². The third-order valence-electron chi connectivity index (χ3n) is 4.57. The molecule has 3 aromatic carbocycles. The van der Waals surface area contributed by atoms with Crippen molar-refractivity contribution in [3.63, 3.8) is 0 Å². The smallest absolute Gasteiger partial charge is 0.346 e. The average Bonchev–Trinajstić information content (AvgIpc) is 2.70. The summed E-state index contributed by atoms with van der Waals surface area (Å²) in [7, 11) is 0. The molecule has 0 N–H and O–H groups in total. The number of benzene rings is 3. The van der Waals surface area contributed by atoms with E-state index < -0.39 is 17.4 Å². The highest BCUT2D eigenvalue weighted by atomic mass is 35.5. The SMILES string of the molecule is Cc1c(-c2ccc(Cl)cc2)c(=O)oc2ccc(OC(=O)c3ccccc3F)cc12. The maximum Gasteiger partial charge on any atom is 0.346 e. The molecule has 4 nitrogen and oxygen atoms in total. The molecule has 0 spiro atoms. The summed E-state index contributed by atoms with van der Waals surface area (Å²) in [5, 5.41) is 1.16. The summed E-state index contributed by atoms with van der Waals surface area (Å²) in [5.41, 5.74) is 1.44. The van der Waals surface area contributed by atoms with Gasteiger partial charge in [0.05, 0.1) is 11.1 Å². The summed E-state index contributed by atoms with van der Waals surface area (Å²) in [4.78, 5) is 24.8. The van der Waals surface area contributed by atoms with E-state index in [4.69, 9.17) is 20.8 Å². The van der Waals surface area contributed by atoms with Gasteiger partial charge in [-0.1, -0.05) is 35.9 Å². The molecular formula is C23H14ClFO4. The summed E-state index contributed by atoms with van der Waals surface area (Å²) in [6, 6.07) is 17.0. The molecule has 4 rings (SSSR count). The molecular weight excluding hydrogens is 395 g/mol. The number of carbonyl (C=O) groups is 1. The molecule has 0 aliphatic heterocycles. The minimum atomic E-state index is -0.810. The first-order chi connectivity index (χ1) is 13.9. The maximum atomic E-state index is 13.8. The molecule has 0 saturated heterocycles. The molecule has 6 heteroatoms. The molecule has 0 aliphatic carbocycles. The first-order valence-corrected chi connectivity index (χ1v) is 9.12. The quantitative estimate of drug-likeness (QED) is 0.245. The Bertz CT molecular complexity index is 1290. The molecule has 0 radical (unpaired) electrons. The summed E-state index contributed by atoms with van der Waals surface area (Å²) in [6.45, 7) is 1.78. The number of fused-ring (bicyclic) bond motifs is 1. The summed E-state index contributed by atoms with van der Waals surface area (Å²) < 4.78 is 24.6. The van der Waals surface area contributed by atoms with E-state index in [0.29, 0.717) is 32.7 Å². The van der Waals surface area contributed by atoms with Crippen molar-refractivity contribution in [3.05, 3.63) is 99.1 Å². The van der Waals surface area contributed by atoms with Crippen LogP contribution in [0.25, 0.3) is 22.1 Å². The van der Waals surface area contributed by atoms with E-state index in [0.717, 1.165) is 0 Å². The van der Waals surface area contributed by atoms with Crippen LogP contribution >= 0.6 is 11.6 Å². The second kappa shape index (κ2) is 7.53. The first kappa shape index (κ1) is 18.9. The molecule has 0 atom stereocenters. The largest absolute Gasteiger partial charge is 0.423 e. The van der Waals surface area contributed by atoms with Gasteiger partial charge in [0.15, 0.2) is 0 Å². The number of hydrogen-bond acceptors (Lipinski definition) is 4. The first-order valence-electron chi connectivity index (χ1n) is 8.74. The molecule has 29 heavy (non-hydrogen) atoms. The van der Waals surface area contributed by atoms with Crippen LogP contribution in [0, 0.1) is 12.7 Å². The van der Waals surface area contributed by atoms with Gasteiger partial charge in [0.1, 0.15) is 17.1 Å². The normalized spacial score (nSPS) is 10.9. The van der Waals surface area contributed by atoms with Gasteiger partial charge in [0.25, 0.3) is 0 Å². The van der Waals surface area contributed by atoms with Crippen molar-refractivity contribution >= 4 is 28.5 Å². The van der Waals surface area contributed by atoms with E-state index >= 15 is 0 Å². The summed E-state index contributed by atoms with van der Waals surface area (Å²) in [6.07, 6.45) is 0. The molecule has 144 valence electrons. The predicted octanol–water partition coefficient (Wildman–Crippen LogP) is 5.78. The van der Waals surface area contributed by atoms with Crippen molar-refractivity contribution in [1.29, 1.82) is 0 Å². The Labute approximate surface area is 170 Å². The van der Waals surface area contributed by atoms with Gasteiger partial charge < -0.3 is 9.15 Å². The Hall–Kier alpha value is -3.44. The van der Waals surface area contributed by atoms with Crippen molar-refractivity contribution in [2.45, 2.75) is 6.92 Å². The molecule has 0 unspecified atom stereocenters. The van der Waals surface area contributed by atoms with E-state index in [1.54, 1.807) is 49.4 Å². The highest BCUT2D eigenvalue weighted by Crippen LogP contribution is 2.30. The van der Waals surface area contributed by atoms with Gasteiger partial charge in [-0.15, -0.1) is 0 Å². The third kappa shape index (κ3) is 3.65. The van der Waals surface area contributed by atoms with Crippen LogP contribution in [0.5, 0.6) is 5.75 Å². The van der Waals surface area contributed by atoms with Crippen LogP contribution in [0.1, 0.15) is 15.9 Å². The predicted molar refractivity (Wildman–Crippen MR) is 109 cm³/mol. The van der Waals surface area contributed by atoms with E-state index in [2.05, 4.69) is 0 Å². The lowest BCUT2D eigenvalue weighted by molar-refractivity contribution is 0.0730. The lowest BCUT2D eigenvalue weighted by Gasteiger charge is -2.10. The van der Waals surface area contributed by atoms with Gasteiger partial charge in [-0.3, -0.25) is 0 Å². The zero-order chi connectivity index (χ0) is 20.5. The number of halogens is 2. The Morgan fingerprint density at radius 1 is 1.03 bits per heavy atom. The number of esters is 1. The van der Waals surface area contributed by atoms with Gasteiger partial charge in [-0.2, -0.15) is 0 Å². The van der Waals surface area contributed by atoms with Crippen LogP contribution < -0.4 is 10.4 Å².